The van der Waals surface area contributed by atoms with Gasteiger partial charge < -0.3 is 5.73 Å². The Hall–Kier alpha value is -2.35. The lowest BCUT2D eigenvalue weighted by molar-refractivity contribution is 0.699. The smallest absolute Gasteiger partial charge is 0.142 e. The molecule has 0 aliphatic heterocycles. The first-order valence-corrected chi connectivity index (χ1v) is 7.34. The van der Waals surface area contributed by atoms with E-state index in [-0.39, 0.29) is 0 Å². The van der Waals surface area contributed by atoms with Gasteiger partial charge in [0, 0.05) is 28.4 Å². The van der Waals surface area contributed by atoms with E-state index in [4.69, 9.17) is 5.73 Å². The molecule has 3 N–H and O–H groups in total. The van der Waals surface area contributed by atoms with Crippen LogP contribution < -0.4 is 5.73 Å². The number of nitriles is 1. The van der Waals surface area contributed by atoms with E-state index in [0.29, 0.717) is 17.3 Å². The van der Waals surface area contributed by atoms with Crippen molar-refractivity contribution in [1.82, 2.24) is 15.2 Å². The standard InChI is InChI=1S/C16H19N5/c1-9-15(10(2)21-20-9)12-7-14(11-5-3-4-6-11)19-16(18)13(12)8-17/h7,11H,3-6H2,1-2H3,(H2,18,19)(H,20,21). The van der Waals surface area contributed by atoms with Gasteiger partial charge in [0.05, 0.1) is 5.69 Å². The average Bonchev–Trinajstić information content (AvgIpc) is 3.08. The van der Waals surface area contributed by atoms with Crippen LogP contribution in [0, 0.1) is 25.2 Å². The molecule has 0 spiro atoms. The summed E-state index contributed by atoms with van der Waals surface area (Å²) in [5.74, 6) is 0.795. The minimum absolute atomic E-state index is 0.330. The third kappa shape index (κ3) is 2.27. The van der Waals surface area contributed by atoms with Gasteiger partial charge in [0.15, 0.2) is 0 Å². The van der Waals surface area contributed by atoms with Gasteiger partial charge in [-0.15, -0.1) is 0 Å². The molecule has 2 aromatic heterocycles. The lowest BCUT2D eigenvalue weighted by atomic mass is 9.94. The van der Waals surface area contributed by atoms with Gasteiger partial charge in [0.25, 0.3) is 0 Å². The summed E-state index contributed by atoms with van der Waals surface area (Å²) in [6.07, 6.45) is 4.79. The second-order valence-corrected chi connectivity index (χ2v) is 5.76. The van der Waals surface area contributed by atoms with E-state index in [1.165, 1.54) is 12.8 Å². The zero-order chi connectivity index (χ0) is 15.0. The fraction of sp³-hybridized carbons (Fsp3) is 0.438. The van der Waals surface area contributed by atoms with Crippen LogP contribution in [0.4, 0.5) is 5.82 Å². The third-order valence-corrected chi connectivity index (χ3v) is 4.35. The predicted molar refractivity (Wildman–Crippen MR) is 81.6 cm³/mol. The number of hydrogen-bond donors (Lipinski definition) is 2. The van der Waals surface area contributed by atoms with Crippen LogP contribution in [0.2, 0.25) is 0 Å². The van der Waals surface area contributed by atoms with Gasteiger partial charge in [-0.1, -0.05) is 12.8 Å². The van der Waals surface area contributed by atoms with E-state index in [2.05, 4.69) is 21.3 Å². The van der Waals surface area contributed by atoms with Crippen molar-refractivity contribution in [1.29, 1.82) is 5.26 Å². The number of H-pyrrole nitrogens is 1. The number of pyridine rings is 1. The summed E-state index contributed by atoms with van der Waals surface area (Å²) in [7, 11) is 0. The summed E-state index contributed by atoms with van der Waals surface area (Å²) in [5, 5.41) is 16.6. The number of nitrogens with one attached hydrogen (secondary N) is 1. The summed E-state index contributed by atoms with van der Waals surface area (Å²) >= 11 is 0. The van der Waals surface area contributed by atoms with Crippen LogP contribution in [0.3, 0.4) is 0 Å². The molecule has 3 rings (SSSR count). The topological polar surface area (TPSA) is 91.4 Å². The van der Waals surface area contributed by atoms with Gasteiger partial charge in [-0.25, -0.2) is 4.98 Å². The Morgan fingerprint density at radius 1 is 1.33 bits per heavy atom. The minimum Gasteiger partial charge on any atom is -0.383 e. The average molecular weight is 281 g/mol. The van der Waals surface area contributed by atoms with E-state index in [1.54, 1.807) is 0 Å². The summed E-state index contributed by atoms with van der Waals surface area (Å²) in [6.45, 7) is 3.90. The molecule has 108 valence electrons. The van der Waals surface area contributed by atoms with Crippen LogP contribution in [-0.2, 0) is 0 Å². The van der Waals surface area contributed by atoms with Crippen molar-refractivity contribution in [2.45, 2.75) is 45.4 Å². The van der Waals surface area contributed by atoms with Crippen LogP contribution in [-0.4, -0.2) is 15.2 Å². The zero-order valence-electron chi connectivity index (χ0n) is 12.4. The largest absolute Gasteiger partial charge is 0.383 e. The normalized spacial score (nSPS) is 15.3. The lowest BCUT2D eigenvalue weighted by Gasteiger charge is -2.14. The van der Waals surface area contributed by atoms with E-state index in [1.807, 2.05) is 19.9 Å². The molecule has 1 saturated carbocycles. The highest BCUT2D eigenvalue weighted by Gasteiger charge is 2.23. The number of nitrogens with zero attached hydrogens (tertiary/aromatic N) is 3. The second-order valence-electron chi connectivity index (χ2n) is 5.76. The summed E-state index contributed by atoms with van der Waals surface area (Å²) in [6, 6.07) is 4.23. The molecule has 0 atom stereocenters. The van der Waals surface area contributed by atoms with Gasteiger partial charge in [-0.3, -0.25) is 5.10 Å². The molecule has 0 bridgehead atoms. The van der Waals surface area contributed by atoms with Gasteiger partial charge in [0.2, 0.25) is 0 Å². The van der Waals surface area contributed by atoms with Gasteiger partial charge in [0.1, 0.15) is 17.5 Å². The summed E-state index contributed by atoms with van der Waals surface area (Å²) in [4.78, 5) is 4.48. The van der Waals surface area contributed by atoms with Crippen molar-refractivity contribution < 1.29 is 0 Å². The zero-order valence-corrected chi connectivity index (χ0v) is 12.4. The van der Waals surface area contributed by atoms with Crippen LogP contribution in [0.25, 0.3) is 11.1 Å². The Kier molecular flexibility index (Phi) is 3.38. The predicted octanol–water partition coefficient (Wildman–Crippen LogP) is 3.20. The van der Waals surface area contributed by atoms with Crippen LogP contribution in [0.15, 0.2) is 6.07 Å². The van der Waals surface area contributed by atoms with E-state index >= 15 is 0 Å². The maximum absolute atomic E-state index is 9.44. The molecular formula is C16H19N5. The number of nitrogen functional groups attached to an aromatic ring is 1. The molecule has 0 saturated heterocycles. The Morgan fingerprint density at radius 3 is 2.62 bits per heavy atom. The Labute approximate surface area is 124 Å². The molecule has 0 amide bonds. The van der Waals surface area contributed by atoms with Crippen LogP contribution >= 0.6 is 0 Å². The summed E-state index contributed by atoms with van der Waals surface area (Å²) in [5.41, 5.74) is 11.2. The molecule has 0 radical (unpaired) electrons. The fourth-order valence-electron chi connectivity index (χ4n) is 3.28. The number of nitrogens with two attached hydrogens (primary N) is 1. The van der Waals surface area contributed by atoms with Crippen molar-refractivity contribution in [2.75, 3.05) is 5.73 Å². The highest BCUT2D eigenvalue weighted by Crippen LogP contribution is 2.38. The van der Waals surface area contributed by atoms with Crippen molar-refractivity contribution >= 4 is 5.82 Å². The highest BCUT2D eigenvalue weighted by molar-refractivity contribution is 5.78. The maximum atomic E-state index is 9.44. The molecule has 2 aromatic rings. The number of aromatic nitrogens is 3. The molecule has 0 unspecified atom stereocenters. The molecule has 1 fully saturated rings. The molecular weight excluding hydrogens is 262 g/mol. The first-order valence-electron chi connectivity index (χ1n) is 7.34. The highest BCUT2D eigenvalue weighted by atomic mass is 15.1. The number of rotatable bonds is 2. The minimum atomic E-state index is 0.330. The monoisotopic (exact) mass is 281 g/mol. The van der Waals surface area contributed by atoms with E-state index < -0.39 is 0 Å². The number of aromatic amines is 1. The molecule has 5 nitrogen and oxygen atoms in total. The molecule has 1 aliphatic rings. The lowest BCUT2D eigenvalue weighted by Crippen LogP contribution is -2.05. The van der Waals surface area contributed by atoms with Gasteiger partial charge in [-0.2, -0.15) is 10.4 Å². The van der Waals surface area contributed by atoms with E-state index in [9.17, 15) is 5.26 Å². The molecule has 5 heteroatoms. The van der Waals surface area contributed by atoms with Gasteiger partial charge in [-0.05, 0) is 32.8 Å². The number of anilines is 1. The van der Waals surface area contributed by atoms with Gasteiger partial charge >= 0.3 is 0 Å². The van der Waals surface area contributed by atoms with Crippen molar-refractivity contribution in [3.63, 3.8) is 0 Å². The molecule has 21 heavy (non-hydrogen) atoms. The van der Waals surface area contributed by atoms with E-state index in [0.717, 1.165) is 41.1 Å². The first kappa shape index (κ1) is 13.6. The van der Waals surface area contributed by atoms with Crippen LogP contribution in [0.5, 0.6) is 0 Å². The third-order valence-electron chi connectivity index (χ3n) is 4.35. The maximum Gasteiger partial charge on any atom is 0.142 e. The van der Waals surface area contributed by atoms with Crippen LogP contribution in [0.1, 0.15) is 54.2 Å². The fourth-order valence-corrected chi connectivity index (χ4v) is 3.28. The Bertz CT molecular complexity index is 697. The first-order chi connectivity index (χ1) is 10.1. The molecule has 2 heterocycles. The Balaban J connectivity index is 2.20. The second kappa shape index (κ2) is 5.21. The number of aryl methyl sites for hydroxylation is 2. The quantitative estimate of drug-likeness (QED) is 0.884. The molecule has 0 aromatic carbocycles. The molecule has 1 aliphatic carbocycles. The van der Waals surface area contributed by atoms with Crippen molar-refractivity contribution in [3.8, 4) is 17.2 Å². The summed E-state index contributed by atoms with van der Waals surface area (Å²) < 4.78 is 0. The van der Waals surface area contributed by atoms with Crippen molar-refractivity contribution in [3.05, 3.63) is 28.7 Å². The van der Waals surface area contributed by atoms with Crippen molar-refractivity contribution in [2.24, 2.45) is 0 Å². The number of hydrogen-bond acceptors (Lipinski definition) is 4. The Morgan fingerprint density at radius 2 is 2.05 bits per heavy atom. The SMILES string of the molecule is Cc1n[nH]c(C)c1-c1cc(C2CCCC2)nc(N)c1C#N.